The molecule has 0 amide bonds. The Balaban J connectivity index is 2.21. The van der Waals surface area contributed by atoms with E-state index in [1.807, 2.05) is 19.9 Å². The summed E-state index contributed by atoms with van der Waals surface area (Å²) < 4.78 is 11.9. The number of aromatic hydroxyl groups is 1. The molecule has 0 spiro atoms. The fourth-order valence-corrected chi connectivity index (χ4v) is 3.33. The SMILES string of the molecule is CC1(C)CC2=C(COC=C2)C(n2nc(O)ccc2=O)C1OC=O. The van der Waals surface area contributed by atoms with Crippen molar-refractivity contribution in [2.24, 2.45) is 5.41 Å². The molecule has 23 heavy (non-hydrogen) atoms. The molecule has 7 nitrogen and oxygen atoms in total. The highest BCUT2D eigenvalue weighted by molar-refractivity contribution is 5.41. The minimum absolute atomic E-state index is 0.271. The van der Waals surface area contributed by atoms with Crippen LogP contribution in [0.15, 0.2) is 40.4 Å². The van der Waals surface area contributed by atoms with Crippen molar-refractivity contribution in [3.63, 3.8) is 0 Å². The van der Waals surface area contributed by atoms with E-state index in [2.05, 4.69) is 5.10 Å². The van der Waals surface area contributed by atoms with E-state index < -0.39 is 17.6 Å². The third-order valence-corrected chi connectivity index (χ3v) is 4.35. The van der Waals surface area contributed by atoms with E-state index in [0.29, 0.717) is 12.9 Å². The van der Waals surface area contributed by atoms with Crippen LogP contribution in [0.1, 0.15) is 26.3 Å². The maximum atomic E-state index is 12.3. The predicted molar refractivity (Wildman–Crippen MR) is 80.7 cm³/mol. The highest BCUT2D eigenvalue weighted by Crippen LogP contribution is 2.46. The molecule has 2 atom stereocenters. The largest absolute Gasteiger partial charge is 0.497 e. The molecule has 1 aliphatic carbocycles. The van der Waals surface area contributed by atoms with Gasteiger partial charge in [-0.2, -0.15) is 0 Å². The Morgan fingerprint density at radius 1 is 1.48 bits per heavy atom. The van der Waals surface area contributed by atoms with Crippen LogP contribution < -0.4 is 5.56 Å². The second kappa shape index (κ2) is 5.57. The van der Waals surface area contributed by atoms with Crippen LogP contribution in [0.3, 0.4) is 0 Å². The summed E-state index contributed by atoms with van der Waals surface area (Å²) in [5.74, 6) is -0.271. The summed E-state index contributed by atoms with van der Waals surface area (Å²) in [6, 6.07) is 1.85. The van der Waals surface area contributed by atoms with Gasteiger partial charge < -0.3 is 14.6 Å². The first-order valence-electron chi connectivity index (χ1n) is 7.32. The van der Waals surface area contributed by atoms with Gasteiger partial charge in [0.05, 0.1) is 6.26 Å². The Labute approximate surface area is 132 Å². The number of hydrogen-bond acceptors (Lipinski definition) is 6. The van der Waals surface area contributed by atoms with Crippen LogP contribution in [0.5, 0.6) is 5.88 Å². The molecule has 3 rings (SSSR count). The van der Waals surface area contributed by atoms with E-state index in [1.165, 1.54) is 16.8 Å². The minimum atomic E-state index is -0.622. The van der Waals surface area contributed by atoms with Crippen molar-refractivity contribution in [1.82, 2.24) is 9.78 Å². The molecular weight excluding hydrogens is 300 g/mol. The maximum Gasteiger partial charge on any atom is 0.293 e. The number of allylic oxidation sites excluding steroid dienone is 2. The van der Waals surface area contributed by atoms with Gasteiger partial charge in [0.1, 0.15) is 18.8 Å². The first kappa shape index (κ1) is 15.3. The van der Waals surface area contributed by atoms with E-state index in [4.69, 9.17) is 9.47 Å². The summed E-state index contributed by atoms with van der Waals surface area (Å²) in [6.07, 6.45) is 3.57. The van der Waals surface area contributed by atoms with Crippen LogP contribution in [0.4, 0.5) is 0 Å². The van der Waals surface area contributed by atoms with Crippen LogP contribution in [0.25, 0.3) is 0 Å². The van der Waals surface area contributed by atoms with Gasteiger partial charge in [-0.25, -0.2) is 4.68 Å². The third kappa shape index (κ3) is 2.62. The second-order valence-electron chi connectivity index (χ2n) is 6.40. The van der Waals surface area contributed by atoms with Crippen LogP contribution in [-0.4, -0.2) is 34.1 Å². The predicted octanol–water partition coefficient (Wildman–Crippen LogP) is 1.30. The smallest absolute Gasteiger partial charge is 0.293 e. The van der Waals surface area contributed by atoms with Gasteiger partial charge in [-0.05, 0) is 23.6 Å². The van der Waals surface area contributed by atoms with Gasteiger partial charge in [-0.15, -0.1) is 5.10 Å². The van der Waals surface area contributed by atoms with E-state index >= 15 is 0 Å². The first-order chi connectivity index (χ1) is 10.9. The van der Waals surface area contributed by atoms with Crippen LogP contribution in [0, 0.1) is 5.41 Å². The third-order valence-electron chi connectivity index (χ3n) is 4.35. The molecule has 0 saturated heterocycles. The number of aromatic nitrogens is 2. The minimum Gasteiger partial charge on any atom is -0.497 e. The highest BCUT2D eigenvalue weighted by atomic mass is 16.5. The summed E-state index contributed by atoms with van der Waals surface area (Å²) in [4.78, 5) is 23.3. The van der Waals surface area contributed by atoms with Crippen molar-refractivity contribution < 1.29 is 19.4 Å². The lowest BCUT2D eigenvalue weighted by Crippen LogP contribution is -2.48. The van der Waals surface area contributed by atoms with E-state index in [1.54, 1.807) is 6.26 Å². The van der Waals surface area contributed by atoms with Crippen molar-refractivity contribution in [1.29, 1.82) is 0 Å². The number of rotatable bonds is 3. The number of hydrogen-bond donors (Lipinski definition) is 1. The number of ether oxygens (including phenoxy) is 2. The van der Waals surface area contributed by atoms with Gasteiger partial charge in [-0.1, -0.05) is 13.8 Å². The maximum absolute atomic E-state index is 12.3. The standard InChI is InChI=1S/C16H18N2O5/c1-16(2)7-10-5-6-22-8-11(10)14(15(16)23-9-19)18-13(21)4-3-12(20)17-18/h3-6,9,14-15H,7-8H2,1-2H3,(H,17,20). The van der Waals surface area contributed by atoms with Gasteiger partial charge in [-0.3, -0.25) is 9.59 Å². The molecule has 122 valence electrons. The van der Waals surface area contributed by atoms with E-state index in [0.717, 1.165) is 11.1 Å². The molecule has 0 fully saturated rings. The lowest BCUT2D eigenvalue weighted by Gasteiger charge is -2.44. The van der Waals surface area contributed by atoms with Crippen molar-refractivity contribution in [3.8, 4) is 5.88 Å². The molecular formula is C16H18N2O5. The van der Waals surface area contributed by atoms with Gasteiger partial charge in [0.15, 0.2) is 0 Å². The quantitative estimate of drug-likeness (QED) is 0.845. The zero-order valence-electron chi connectivity index (χ0n) is 12.9. The lowest BCUT2D eigenvalue weighted by atomic mass is 9.69. The summed E-state index contributed by atoms with van der Waals surface area (Å²) in [6.45, 7) is 4.61. The molecule has 2 heterocycles. The highest BCUT2D eigenvalue weighted by Gasteiger charge is 2.46. The van der Waals surface area contributed by atoms with Gasteiger partial charge in [0.25, 0.3) is 12.0 Å². The molecule has 0 bridgehead atoms. The summed E-state index contributed by atoms with van der Waals surface area (Å²) >= 11 is 0. The van der Waals surface area contributed by atoms with E-state index in [-0.39, 0.29) is 18.0 Å². The number of nitrogens with zero attached hydrogens (tertiary/aromatic N) is 2. The van der Waals surface area contributed by atoms with Crippen molar-refractivity contribution in [3.05, 3.63) is 46.0 Å². The van der Waals surface area contributed by atoms with Gasteiger partial charge in [0, 0.05) is 17.5 Å². The molecule has 1 aromatic rings. The summed E-state index contributed by atoms with van der Waals surface area (Å²) in [5.41, 5.74) is 1.08. The molecule has 2 unspecified atom stereocenters. The number of carbonyl (C=O) groups excluding carboxylic acids is 1. The fraction of sp³-hybridized carbons (Fsp3) is 0.438. The Morgan fingerprint density at radius 3 is 3.00 bits per heavy atom. The molecule has 1 aliphatic heterocycles. The summed E-state index contributed by atoms with van der Waals surface area (Å²) in [5, 5.41) is 13.6. The Hall–Kier alpha value is -2.57. The normalized spacial score (nSPS) is 25.5. The molecule has 0 aromatic carbocycles. The van der Waals surface area contributed by atoms with Crippen LogP contribution >= 0.6 is 0 Å². The van der Waals surface area contributed by atoms with Gasteiger partial charge in [0.2, 0.25) is 5.88 Å². The van der Waals surface area contributed by atoms with Gasteiger partial charge >= 0.3 is 0 Å². The Morgan fingerprint density at radius 2 is 2.26 bits per heavy atom. The molecule has 1 N–H and O–H groups in total. The zero-order chi connectivity index (χ0) is 16.6. The van der Waals surface area contributed by atoms with Crippen molar-refractivity contribution in [2.75, 3.05) is 6.61 Å². The van der Waals surface area contributed by atoms with Crippen molar-refractivity contribution >= 4 is 6.47 Å². The Bertz CT molecular complexity index is 747. The van der Waals surface area contributed by atoms with E-state index in [9.17, 15) is 14.7 Å². The Kier molecular flexibility index (Phi) is 3.71. The monoisotopic (exact) mass is 318 g/mol. The molecule has 7 heteroatoms. The van der Waals surface area contributed by atoms with Crippen LogP contribution in [-0.2, 0) is 14.3 Å². The van der Waals surface area contributed by atoms with Crippen LogP contribution in [0.2, 0.25) is 0 Å². The molecule has 2 aliphatic rings. The molecule has 0 radical (unpaired) electrons. The average molecular weight is 318 g/mol. The number of carbonyl (C=O) groups is 1. The molecule has 0 saturated carbocycles. The first-order valence-corrected chi connectivity index (χ1v) is 7.32. The lowest BCUT2D eigenvalue weighted by molar-refractivity contribution is -0.143. The topological polar surface area (TPSA) is 90.7 Å². The zero-order valence-corrected chi connectivity index (χ0v) is 12.9. The summed E-state index contributed by atoms with van der Waals surface area (Å²) in [7, 11) is 0. The fourth-order valence-electron chi connectivity index (χ4n) is 3.33. The van der Waals surface area contributed by atoms with Crippen molar-refractivity contribution in [2.45, 2.75) is 32.4 Å². The average Bonchev–Trinajstić information content (AvgIpc) is 2.50. The molecule has 1 aromatic heterocycles. The second-order valence-corrected chi connectivity index (χ2v) is 6.40.